The Bertz CT molecular complexity index is 1550. The molecule has 0 saturated carbocycles. The smallest absolute Gasteiger partial charge is 0.332 e. The normalized spacial score (nSPS) is 14.2. The molecular weight excluding hydrogens is 432 g/mol. The van der Waals surface area contributed by atoms with Crippen molar-refractivity contribution in [3.05, 3.63) is 57.0 Å². The van der Waals surface area contributed by atoms with Crippen LogP contribution in [0.2, 0.25) is 0 Å². The summed E-state index contributed by atoms with van der Waals surface area (Å²) in [6, 6.07) is 7.31. The van der Waals surface area contributed by atoms with Crippen LogP contribution in [0.25, 0.3) is 22.2 Å². The molecule has 1 N–H and O–H groups in total. The third-order valence-electron chi connectivity index (χ3n) is 6.08. The van der Waals surface area contributed by atoms with Crippen LogP contribution < -0.4 is 21.5 Å². The van der Waals surface area contributed by atoms with Gasteiger partial charge in [-0.3, -0.25) is 23.5 Å². The molecule has 0 unspecified atom stereocenters. The Morgan fingerprint density at radius 1 is 1.06 bits per heavy atom. The lowest BCUT2D eigenvalue weighted by molar-refractivity contribution is 0.645. The van der Waals surface area contributed by atoms with Crippen LogP contribution in [0.1, 0.15) is 19.0 Å². The average molecular weight is 459 g/mol. The number of nitrogens with zero attached hydrogens (tertiary/aromatic N) is 7. The molecule has 10 nitrogen and oxygen atoms in total. The molecule has 1 saturated heterocycles. The average Bonchev–Trinajstić information content (AvgIpc) is 3.03. The van der Waals surface area contributed by atoms with Crippen molar-refractivity contribution in [3.63, 3.8) is 0 Å². The van der Waals surface area contributed by atoms with E-state index in [9.17, 15) is 9.59 Å². The van der Waals surface area contributed by atoms with Gasteiger partial charge in [-0.15, -0.1) is 5.92 Å². The highest BCUT2D eigenvalue weighted by Gasteiger charge is 2.24. The van der Waals surface area contributed by atoms with Crippen molar-refractivity contribution in [3.8, 4) is 11.8 Å². The summed E-state index contributed by atoms with van der Waals surface area (Å²) in [5.41, 5.74) is 2.00. The minimum atomic E-state index is -0.430. The number of pyridine rings is 2. The van der Waals surface area contributed by atoms with Crippen molar-refractivity contribution in [1.29, 1.82) is 0 Å². The molecule has 0 aromatic carbocycles. The molecule has 0 radical (unpaired) electrons. The molecule has 10 heteroatoms. The molecule has 0 amide bonds. The molecule has 4 aromatic heterocycles. The number of rotatable bonds is 4. The maximum atomic E-state index is 13.7. The third-order valence-corrected chi connectivity index (χ3v) is 6.08. The molecule has 4 aromatic rings. The maximum absolute atomic E-state index is 13.7. The number of hydrogen-bond donors (Lipinski definition) is 1. The van der Waals surface area contributed by atoms with Gasteiger partial charge in [-0.2, -0.15) is 4.98 Å². The second kappa shape index (κ2) is 9.11. The highest BCUT2D eigenvalue weighted by Crippen LogP contribution is 2.20. The van der Waals surface area contributed by atoms with Crippen LogP contribution in [0.15, 0.2) is 40.1 Å². The van der Waals surface area contributed by atoms with Crippen LogP contribution in [-0.2, 0) is 20.1 Å². The summed E-state index contributed by atoms with van der Waals surface area (Å²) in [5, 5.41) is 3.39. The molecule has 1 aliphatic heterocycles. The van der Waals surface area contributed by atoms with Crippen LogP contribution >= 0.6 is 0 Å². The van der Waals surface area contributed by atoms with E-state index in [4.69, 9.17) is 4.98 Å². The Morgan fingerprint density at radius 3 is 2.79 bits per heavy atom. The molecule has 5 heterocycles. The van der Waals surface area contributed by atoms with Crippen LogP contribution in [0.5, 0.6) is 0 Å². The van der Waals surface area contributed by atoms with Gasteiger partial charge in [-0.1, -0.05) is 5.92 Å². The fourth-order valence-electron chi connectivity index (χ4n) is 4.34. The largest absolute Gasteiger partial charge is 0.341 e. The van der Waals surface area contributed by atoms with E-state index in [0.29, 0.717) is 34.9 Å². The van der Waals surface area contributed by atoms with Gasteiger partial charge in [0.25, 0.3) is 5.56 Å². The fraction of sp³-hybridized carbons (Fsp3) is 0.375. The van der Waals surface area contributed by atoms with Crippen molar-refractivity contribution in [1.82, 2.24) is 34.0 Å². The minimum Gasteiger partial charge on any atom is -0.341 e. The SMILES string of the molecule is CC#CCn1c(N2CCCNCC2)nc2c1c(=O)n(Cc1ccc3ncccc3n1)c(=O)n2C. The monoisotopic (exact) mass is 458 g/mol. The van der Waals surface area contributed by atoms with E-state index < -0.39 is 11.2 Å². The van der Waals surface area contributed by atoms with Crippen molar-refractivity contribution < 1.29 is 0 Å². The molecule has 0 bridgehead atoms. The zero-order valence-electron chi connectivity index (χ0n) is 19.3. The van der Waals surface area contributed by atoms with Crippen molar-refractivity contribution in [2.45, 2.75) is 26.4 Å². The number of aromatic nitrogens is 6. The summed E-state index contributed by atoms with van der Waals surface area (Å²) in [5.74, 6) is 6.64. The summed E-state index contributed by atoms with van der Waals surface area (Å²) < 4.78 is 4.50. The van der Waals surface area contributed by atoms with Gasteiger partial charge in [0.1, 0.15) is 0 Å². The van der Waals surface area contributed by atoms with Gasteiger partial charge in [0.2, 0.25) is 5.95 Å². The van der Waals surface area contributed by atoms with Gasteiger partial charge in [-0.25, -0.2) is 9.78 Å². The summed E-state index contributed by atoms with van der Waals surface area (Å²) in [6.45, 7) is 5.48. The number of nitrogens with one attached hydrogen (secondary N) is 1. The highest BCUT2D eigenvalue weighted by atomic mass is 16.2. The Hall–Kier alpha value is -3.97. The molecule has 174 valence electrons. The summed E-state index contributed by atoms with van der Waals surface area (Å²) in [6.07, 6.45) is 2.67. The first-order valence-corrected chi connectivity index (χ1v) is 11.3. The summed E-state index contributed by atoms with van der Waals surface area (Å²) in [4.78, 5) is 42.7. The van der Waals surface area contributed by atoms with Crippen molar-refractivity contribution in [2.24, 2.45) is 7.05 Å². The van der Waals surface area contributed by atoms with Crippen LogP contribution in [-0.4, -0.2) is 54.8 Å². The van der Waals surface area contributed by atoms with Gasteiger partial charge >= 0.3 is 5.69 Å². The number of aryl methyl sites for hydroxylation is 1. The number of anilines is 1. The van der Waals surface area contributed by atoms with E-state index in [1.807, 2.05) is 22.8 Å². The minimum absolute atomic E-state index is 0.0554. The number of fused-ring (bicyclic) bond motifs is 2. The molecule has 1 aliphatic rings. The van der Waals surface area contributed by atoms with E-state index in [1.54, 1.807) is 26.2 Å². The topological polar surface area (TPSA) is 103 Å². The fourth-order valence-corrected chi connectivity index (χ4v) is 4.34. The van der Waals surface area contributed by atoms with E-state index in [1.165, 1.54) is 9.13 Å². The molecule has 1 fully saturated rings. The highest BCUT2D eigenvalue weighted by molar-refractivity contribution is 5.75. The molecule has 34 heavy (non-hydrogen) atoms. The summed E-state index contributed by atoms with van der Waals surface area (Å²) >= 11 is 0. The first-order valence-electron chi connectivity index (χ1n) is 11.3. The van der Waals surface area contributed by atoms with Crippen LogP contribution in [0, 0.1) is 11.8 Å². The van der Waals surface area contributed by atoms with Gasteiger partial charge in [0.05, 0.1) is 29.8 Å². The first kappa shape index (κ1) is 21.9. The van der Waals surface area contributed by atoms with Gasteiger partial charge in [-0.05, 0) is 44.2 Å². The van der Waals surface area contributed by atoms with E-state index >= 15 is 0 Å². The van der Waals surface area contributed by atoms with Crippen LogP contribution in [0.4, 0.5) is 5.95 Å². The number of imidazole rings is 1. The zero-order chi connectivity index (χ0) is 23.7. The molecule has 0 aliphatic carbocycles. The maximum Gasteiger partial charge on any atom is 0.332 e. The molecule has 0 spiro atoms. The second-order valence-corrected chi connectivity index (χ2v) is 8.26. The lowest BCUT2D eigenvalue weighted by atomic mass is 10.2. The Labute approximate surface area is 195 Å². The van der Waals surface area contributed by atoms with Gasteiger partial charge in [0, 0.05) is 32.9 Å². The molecular formula is C24H26N8O2. The van der Waals surface area contributed by atoms with Gasteiger partial charge < -0.3 is 10.2 Å². The Kier molecular flexibility index (Phi) is 5.86. The first-order chi connectivity index (χ1) is 16.6. The van der Waals surface area contributed by atoms with E-state index in [0.717, 1.165) is 38.1 Å². The van der Waals surface area contributed by atoms with Crippen molar-refractivity contribution in [2.75, 3.05) is 31.1 Å². The predicted molar refractivity (Wildman–Crippen MR) is 131 cm³/mol. The third kappa shape index (κ3) is 3.84. The standard InChI is InChI=1S/C24H26N8O2/c1-3-4-14-31-20-21(28-23(31)30-13-6-10-25-12-15-30)29(2)24(34)32(22(20)33)16-17-8-9-18-19(27-17)7-5-11-26-18/h5,7-9,11,25H,6,10,12-16H2,1-2H3. The van der Waals surface area contributed by atoms with E-state index in [2.05, 4.69) is 32.0 Å². The number of hydrogen-bond acceptors (Lipinski definition) is 7. The lowest BCUT2D eigenvalue weighted by Crippen LogP contribution is -2.40. The van der Waals surface area contributed by atoms with E-state index in [-0.39, 0.29) is 6.54 Å². The Morgan fingerprint density at radius 2 is 1.94 bits per heavy atom. The molecule has 0 atom stereocenters. The van der Waals surface area contributed by atoms with Crippen molar-refractivity contribution >= 4 is 28.1 Å². The summed E-state index contributed by atoms with van der Waals surface area (Å²) in [7, 11) is 1.65. The predicted octanol–water partition coefficient (Wildman–Crippen LogP) is 0.711. The zero-order valence-corrected chi connectivity index (χ0v) is 19.3. The quantitative estimate of drug-likeness (QED) is 0.450. The van der Waals surface area contributed by atoms with Crippen LogP contribution in [0.3, 0.4) is 0 Å². The van der Waals surface area contributed by atoms with Gasteiger partial charge in [0.15, 0.2) is 11.2 Å². The Balaban J connectivity index is 1.67. The molecule has 5 rings (SSSR count). The lowest BCUT2D eigenvalue weighted by Gasteiger charge is -2.21. The second-order valence-electron chi connectivity index (χ2n) is 8.26.